The Morgan fingerprint density at radius 2 is 1.85 bits per heavy atom. The van der Waals surface area contributed by atoms with Crippen LogP contribution in [-0.4, -0.2) is 19.2 Å². The maximum absolute atomic E-state index is 5.89. The summed E-state index contributed by atoms with van der Waals surface area (Å²) in [5, 5.41) is 3.56. The van der Waals surface area contributed by atoms with Crippen molar-refractivity contribution < 1.29 is 4.74 Å². The molecule has 2 aliphatic rings. The monoisotopic (exact) mass is 273 g/mol. The molecule has 0 bridgehead atoms. The third-order valence-electron chi connectivity index (χ3n) is 4.42. The molecule has 110 valence electrons. The van der Waals surface area contributed by atoms with Crippen LogP contribution in [-0.2, 0) is 12.8 Å². The highest BCUT2D eigenvalue weighted by Gasteiger charge is 2.19. The second kappa shape index (κ2) is 7.12. The Balaban J connectivity index is 1.31. The van der Waals surface area contributed by atoms with Gasteiger partial charge < -0.3 is 10.1 Å². The molecule has 1 saturated carbocycles. The first-order valence-electron chi connectivity index (χ1n) is 8.40. The Kier molecular flexibility index (Phi) is 4.96. The number of unbranched alkanes of at least 4 members (excludes halogenated alkanes) is 2. The molecule has 0 aliphatic heterocycles. The predicted molar refractivity (Wildman–Crippen MR) is 83.5 cm³/mol. The number of benzene rings is 1. The topological polar surface area (TPSA) is 21.3 Å². The van der Waals surface area contributed by atoms with E-state index in [0.29, 0.717) is 0 Å². The number of ether oxygens (including phenoxy) is 1. The van der Waals surface area contributed by atoms with Crippen LogP contribution in [0.25, 0.3) is 0 Å². The molecule has 0 spiro atoms. The lowest BCUT2D eigenvalue weighted by atomic mass is 9.92. The summed E-state index contributed by atoms with van der Waals surface area (Å²) in [4.78, 5) is 0. The van der Waals surface area contributed by atoms with E-state index in [-0.39, 0.29) is 0 Å². The largest absolute Gasteiger partial charge is 0.494 e. The van der Waals surface area contributed by atoms with Crippen LogP contribution in [0.4, 0.5) is 0 Å². The van der Waals surface area contributed by atoms with Crippen molar-refractivity contribution in [2.24, 2.45) is 0 Å². The lowest BCUT2D eigenvalue weighted by Crippen LogP contribution is -2.17. The first-order valence-corrected chi connectivity index (χ1v) is 8.40. The fraction of sp³-hybridized carbons (Fsp3) is 0.667. The van der Waals surface area contributed by atoms with Crippen LogP contribution >= 0.6 is 0 Å². The van der Waals surface area contributed by atoms with Crippen molar-refractivity contribution in [1.29, 1.82) is 0 Å². The van der Waals surface area contributed by atoms with Gasteiger partial charge in [0.05, 0.1) is 6.61 Å². The van der Waals surface area contributed by atoms with E-state index in [2.05, 4.69) is 23.5 Å². The minimum Gasteiger partial charge on any atom is -0.494 e. The lowest BCUT2D eigenvalue weighted by Gasteiger charge is -2.16. The van der Waals surface area contributed by atoms with Crippen LogP contribution in [0.2, 0.25) is 0 Å². The average Bonchev–Trinajstić information content (AvgIpc) is 3.30. The van der Waals surface area contributed by atoms with Gasteiger partial charge in [0.25, 0.3) is 0 Å². The van der Waals surface area contributed by atoms with E-state index < -0.39 is 0 Å². The number of nitrogens with one attached hydrogen (secondary N) is 1. The fourth-order valence-electron chi connectivity index (χ4n) is 2.99. The maximum Gasteiger partial charge on any atom is 0.119 e. The Morgan fingerprint density at radius 1 is 1.00 bits per heavy atom. The van der Waals surface area contributed by atoms with Crippen molar-refractivity contribution in [3.8, 4) is 5.75 Å². The van der Waals surface area contributed by atoms with Gasteiger partial charge in [-0.05, 0) is 87.6 Å². The summed E-state index contributed by atoms with van der Waals surface area (Å²) >= 11 is 0. The van der Waals surface area contributed by atoms with Gasteiger partial charge in [0, 0.05) is 6.04 Å². The second-order valence-corrected chi connectivity index (χ2v) is 6.28. The van der Waals surface area contributed by atoms with Gasteiger partial charge >= 0.3 is 0 Å². The summed E-state index contributed by atoms with van der Waals surface area (Å²) in [6.45, 7) is 2.05. The number of rotatable bonds is 8. The van der Waals surface area contributed by atoms with Crippen molar-refractivity contribution in [3.63, 3.8) is 0 Å². The summed E-state index contributed by atoms with van der Waals surface area (Å²) in [5.41, 5.74) is 3.05. The number of hydrogen-bond acceptors (Lipinski definition) is 2. The third-order valence-corrected chi connectivity index (χ3v) is 4.42. The van der Waals surface area contributed by atoms with Crippen LogP contribution in [0.15, 0.2) is 18.2 Å². The van der Waals surface area contributed by atoms with Crippen molar-refractivity contribution >= 4 is 0 Å². The summed E-state index contributed by atoms with van der Waals surface area (Å²) in [6, 6.07) is 7.53. The summed E-state index contributed by atoms with van der Waals surface area (Å²) in [6.07, 6.45) is 11.7. The van der Waals surface area contributed by atoms with Crippen molar-refractivity contribution in [2.75, 3.05) is 13.2 Å². The molecule has 1 aromatic rings. The Bertz CT molecular complexity index is 425. The van der Waals surface area contributed by atoms with Gasteiger partial charge in [0.1, 0.15) is 5.75 Å². The van der Waals surface area contributed by atoms with Gasteiger partial charge in [-0.25, -0.2) is 0 Å². The van der Waals surface area contributed by atoms with E-state index in [1.165, 1.54) is 75.5 Å². The highest BCUT2D eigenvalue weighted by atomic mass is 16.5. The third kappa shape index (κ3) is 4.24. The molecule has 2 aliphatic carbocycles. The molecule has 3 rings (SSSR count). The lowest BCUT2D eigenvalue weighted by molar-refractivity contribution is 0.304. The Labute approximate surface area is 122 Å². The van der Waals surface area contributed by atoms with Crippen LogP contribution in [0.1, 0.15) is 56.1 Å². The first kappa shape index (κ1) is 13.9. The average molecular weight is 273 g/mol. The van der Waals surface area contributed by atoms with Gasteiger partial charge in [-0.2, -0.15) is 0 Å². The molecule has 1 aromatic carbocycles. The SMILES string of the molecule is c1cc2c(cc1OCCCCCNC1CC1)CCCC2. The molecule has 1 fully saturated rings. The Hall–Kier alpha value is -1.02. The van der Waals surface area contributed by atoms with Gasteiger partial charge in [-0.3, -0.25) is 0 Å². The maximum atomic E-state index is 5.89. The smallest absolute Gasteiger partial charge is 0.119 e. The molecule has 2 heteroatoms. The molecule has 20 heavy (non-hydrogen) atoms. The zero-order valence-corrected chi connectivity index (χ0v) is 12.5. The highest BCUT2D eigenvalue weighted by molar-refractivity contribution is 5.37. The van der Waals surface area contributed by atoms with Gasteiger partial charge in [-0.15, -0.1) is 0 Å². The van der Waals surface area contributed by atoms with E-state index in [1.807, 2.05) is 0 Å². The molecule has 0 unspecified atom stereocenters. The minimum atomic E-state index is 0.849. The van der Waals surface area contributed by atoms with Crippen LogP contribution < -0.4 is 10.1 Å². The van der Waals surface area contributed by atoms with Crippen LogP contribution in [0.5, 0.6) is 5.75 Å². The summed E-state index contributed by atoms with van der Waals surface area (Å²) < 4.78 is 5.89. The second-order valence-electron chi connectivity index (χ2n) is 6.28. The summed E-state index contributed by atoms with van der Waals surface area (Å²) in [5.74, 6) is 1.07. The Morgan fingerprint density at radius 3 is 2.70 bits per heavy atom. The molecule has 0 heterocycles. The first-order chi connectivity index (χ1) is 9.92. The van der Waals surface area contributed by atoms with Crippen molar-refractivity contribution in [1.82, 2.24) is 5.32 Å². The minimum absolute atomic E-state index is 0.849. The standard InChI is InChI=1S/C18H27NO/c1(4-12-19-17-9-10-17)5-13-20-18-11-8-15-6-2-3-7-16(15)14-18/h8,11,14,17,19H,1-7,9-10,12-13H2. The summed E-state index contributed by atoms with van der Waals surface area (Å²) in [7, 11) is 0. The van der Waals surface area contributed by atoms with E-state index in [4.69, 9.17) is 4.74 Å². The zero-order valence-electron chi connectivity index (χ0n) is 12.5. The highest BCUT2D eigenvalue weighted by Crippen LogP contribution is 2.25. The molecule has 2 nitrogen and oxygen atoms in total. The molecule has 0 amide bonds. The van der Waals surface area contributed by atoms with Crippen LogP contribution in [0.3, 0.4) is 0 Å². The number of aryl methyl sites for hydroxylation is 2. The molecule has 0 saturated heterocycles. The molecular formula is C18H27NO. The quantitative estimate of drug-likeness (QED) is 0.726. The normalized spacial score (nSPS) is 17.8. The van der Waals surface area contributed by atoms with Gasteiger partial charge in [0.15, 0.2) is 0 Å². The van der Waals surface area contributed by atoms with Gasteiger partial charge in [0.2, 0.25) is 0 Å². The van der Waals surface area contributed by atoms with Gasteiger partial charge in [-0.1, -0.05) is 6.07 Å². The molecular weight excluding hydrogens is 246 g/mol. The van der Waals surface area contributed by atoms with Crippen molar-refractivity contribution in [3.05, 3.63) is 29.3 Å². The fourth-order valence-corrected chi connectivity index (χ4v) is 2.99. The predicted octanol–water partition coefficient (Wildman–Crippen LogP) is 3.87. The number of fused-ring (bicyclic) bond motifs is 1. The molecule has 0 atom stereocenters. The van der Waals surface area contributed by atoms with E-state index in [9.17, 15) is 0 Å². The van der Waals surface area contributed by atoms with E-state index >= 15 is 0 Å². The van der Waals surface area contributed by atoms with E-state index in [0.717, 1.165) is 18.4 Å². The molecule has 0 radical (unpaired) electrons. The molecule has 1 N–H and O–H groups in total. The van der Waals surface area contributed by atoms with E-state index in [1.54, 1.807) is 0 Å². The number of hydrogen-bond donors (Lipinski definition) is 1. The zero-order chi connectivity index (χ0) is 13.6. The van der Waals surface area contributed by atoms with Crippen molar-refractivity contribution in [2.45, 2.75) is 63.8 Å². The molecule has 0 aromatic heterocycles. The van der Waals surface area contributed by atoms with Crippen LogP contribution in [0, 0.1) is 0 Å².